The van der Waals surface area contributed by atoms with Crippen molar-refractivity contribution < 1.29 is 28.6 Å². The van der Waals surface area contributed by atoms with Gasteiger partial charge in [-0.1, -0.05) is 183 Å². The molecule has 57 heavy (non-hydrogen) atoms. The first-order valence-corrected chi connectivity index (χ1v) is 23.2. The fraction of sp³-hybridized carbons (Fsp3) is 0.667. The van der Waals surface area contributed by atoms with Gasteiger partial charge < -0.3 is 14.2 Å². The predicted octanol–water partition coefficient (Wildman–Crippen LogP) is 14.9. The van der Waals surface area contributed by atoms with Gasteiger partial charge in [-0.15, -0.1) is 0 Å². The quantitative estimate of drug-likeness (QED) is 0.0202. The minimum absolute atomic E-state index is 0.109. The molecule has 0 aliphatic heterocycles. The van der Waals surface area contributed by atoms with E-state index < -0.39 is 6.10 Å². The number of carbonyl (C=O) groups excluding carboxylic acids is 3. The fourth-order valence-electron chi connectivity index (χ4n) is 5.95. The maximum absolute atomic E-state index is 12.7. The molecule has 0 fully saturated rings. The fourth-order valence-corrected chi connectivity index (χ4v) is 5.95. The Bertz CT molecular complexity index is 1140. The average Bonchev–Trinajstić information content (AvgIpc) is 3.21. The summed E-state index contributed by atoms with van der Waals surface area (Å²) >= 11 is 0. The molecule has 1 unspecified atom stereocenters. The molecule has 0 N–H and O–H groups in total. The van der Waals surface area contributed by atoms with Crippen LogP contribution in [0, 0.1) is 0 Å². The summed E-state index contributed by atoms with van der Waals surface area (Å²) in [7, 11) is 0. The highest BCUT2D eigenvalue weighted by Crippen LogP contribution is 2.12. The average molecular weight is 793 g/mol. The van der Waals surface area contributed by atoms with Crippen LogP contribution in [0.2, 0.25) is 0 Å². The monoisotopic (exact) mass is 793 g/mol. The predicted molar refractivity (Wildman–Crippen MR) is 242 cm³/mol. The van der Waals surface area contributed by atoms with Crippen LogP contribution in [-0.2, 0) is 28.6 Å². The van der Waals surface area contributed by atoms with Gasteiger partial charge in [0, 0.05) is 19.3 Å². The molecule has 0 saturated heterocycles. The Hall–Kier alpha value is -3.41. The van der Waals surface area contributed by atoms with Gasteiger partial charge in [0.2, 0.25) is 0 Å². The van der Waals surface area contributed by atoms with Gasteiger partial charge in [0.15, 0.2) is 6.10 Å². The minimum Gasteiger partial charge on any atom is -0.462 e. The van der Waals surface area contributed by atoms with Crippen molar-refractivity contribution in [3.05, 3.63) is 85.1 Å². The van der Waals surface area contributed by atoms with E-state index in [1.807, 2.05) is 36.5 Å². The zero-order chi connectivity index (χ0) is 41.5. The normalized spacial score (nSPS) is 12.8. The first-order valence-electron chi connectivity index (χ1n) is 23.2. The molecular weight excluding hydrogens is 709 g/mol. The summed E-state index contributed by atoms with van der Waals surface area (Å²) < 4.78 is 16.6. The number of hydrogen-bond acceptors (Lipinski definition) is 6. The Morgan fingerprint density at radius 1 is 0.368 bits per heavy atom. The summed E-state index contributed by atoms with van der Waals surface area (Å²) in [6.07, 6.45) is 57.1. The molecule has 0 aliphatic carbocycles. The zero-order valence-electron chi connectivity index (χ0n) is 36.8. The molecule has 0 spiro atoms. The number of esters is 3. The first kappa shape index (κ1) is 53.6. The standard InChI is InChI=1S/C51H84O6/c1-4-7-10-13-16-19-22-24-25-26-28-29-32-35-38-41-44-50(53)56-47-48(46-55-49(52)43-40-37-34-31-21-18-15-12-9-6-3)57-51(54)45-42-39-36-33-30-27-23-20-17-14-11-8-5-2/h8,11,14-15,17-18,20,23,25-30,48H,4-7,9-10,12-13,16,19,21-22,24,31-47H2,1-3H3/b11-8-,17-14-,18-15-,23-20-,26-25-,29-28-,30-27-. The lowest BCUT2D eigenvalue weighted by Gasteiger charge is -2.18. The zero-order valence-corrected chi connectivity index (χ0v) is 36.8. The highest BCUT2D eigenvalue weighted by Gasteiger charge is 2.19. The molecular formula is C51H84O6. The topological polar surface area (TPSA) is 78.9 Å². The summed E-state index contributed by atoms with van der Waals surface area (Å²) in [4.78, 5) is 37.7. The summed E-state index contributed by atoms with van der Waals surface area (Å²) in [5, 5.41) is 0. The third-order valence-corrected chi connectivity index (χ3v) is 9.48. The molecule has 6 heteroatoms. The lowest BCUT2D eigenvalue weighted by Crippen LogP contribution is -2.30. The van der Waals surface area contributed by atoms with E-state index in [0.717, 1.165) is 96.3 Å². The number of hydrogen-bond donors (Lipinski definition) is 0. The van der Waals surface area contributed by atoms with Gasteiger partial charge >= 0.3 is 17.9 Å². The molecule has 0 aromatic carbocycles. The van der Waals surface area contributed by atoms with Crippen molar-refractivity contribution in [2.45, 2.75) is 207 Å². The van der Waals surface area contributed by atoms with Crippen molar-refractivity contribution in [3.8, 4) is 0 Å². The van der Waals surface area contributed by atoms with Crippen molar-refractivity contribution in [1.29, 1.82) is 0 Å². The molecule has 324 valence electrons. The van der Waals surface area contributed by atoms with Gasteiger partial charge in [0.1, 0.15) is 13.2 Å². The Kier molecular flexibility index (Phi) is 42.6. The van der Waals surface area contributed by atoms with E-state index in [2.05, 4.69) is 69.4 Å². The molecule has 0 amide bonds. The van der Waals surface area contributed by atoms with Gasteiger partial charge in [-0.2, -0.15) is 0 Å². The van der Waals surface area contributed by atoms with E-state index >= 15 is 0 Å². The molecule has 0 radical (unpaired) electrons. The van der Waals surface area contributed by atoms with Crippen molar-refractivity contribution in [3.63, 3.8) is 0 Å². The number of unbranched alkanes of at least 4 members (excludes halogenated alkanes) is 19. The van der Waals surface area contributed by atoms with Crippen LogP contribution in [0.5, 0.6) is 0 Å². The highest BCUT2D eigenvalue weighted by atomic mass is 16.6. The summed E-state index contributed by atoms with van der Waals surface area (Å²) in [5.41, 5.74) is 0. The second-order valence-corrected chi connectivity index (χ2v) is 15.0. The largest absolute Gasteiger partial charge is 0.462 e. The van der Waals surface area contributed by atoms with E-state index in [1.54, 1.807) is 0 Å². The third-order valence-electron chi connectivity index (χ3n) is 9.48. The maximum Gasteiger partial charge on any atom is 0.306 e. The molecule has 0 aromatic heterocycles. The second-order valence-electron chi connectivity index (χ2n) is 15.0. The third kappa shape index (κ3) is 43.6. The van der Waals surface area contributed by atoms with Crippen LogP contribution < -0.4 is 0 Å². The number of allylic oxidation sites excluding steroid dienone is 14. The number of carbonyl (C=O) groups is 3. The Morgan fingerprint density at radius 3 is 1.21 bits per heavy atom. The first-order chi connectivity index (χ1) is 28.0. The van der Waals surface area contributed by atoms with Crippen LogP contribution in [0.3, 0.4) is 0 Å². The lowest BCUT2D eigenvalue weighted by molar-refractivity contribution is -0.167. The van der Waals surface area contributed by atoms with E-state index in [-0.39, 0.29) is 37.5 Å². The second kappa shape index (κ2) is 45.3. The van der Waals surface area contributed by atoms with Crippen LogP contribution >= 0.6 is 0 Å². The van der Waals surface area contributed by atoms with Crippen molar-refractivity contribution >= 4 is 17.9 Å². The van der Waals surface area contributed by atoms with Crippen LogP contribution in [0.25, 0.3) is 0 Å². The van der Waals surface area contributed by atoms with E-state index in [0.29, 0.717) is 19.3 Å². The molecule has 0 aromatic rings. The molecule has 0 bridgehead atoms. The van der Waals surface area contributed by atoms with Crippen LogP contribution in [0.1, 0.15) is 201 Å². The molecule has 0 saturated carbocycles. The summed E-state index contributed by atoms with van der Waals surface area (Å²) in [6, 6.07) is 0. The van der Waals surface area contributed by atoms with Crippen LogP contribution in [0.4, 0.5) is 0 Å². The van der Waals surface area contributed by atoms with Gasteiger partial charge in [0.25, 0.3) is 0 Å². The SMILES string of the molecule is CC\C=C/C=C\C=C/C=C\CCCCCC(=O)OC(COC(=O)CCCCC/C=C\C=C/CCCCCCCCC)COC(=O)CCCCCC/C=C\CCCC. The Labute approximate surface area is 350 Å². The smallest absolute Gasteiger partial charge is 0.306 e. The molecule has 0 heterocycles. The molecule has 0 rings (SSSR count). The van der Waals surface area contributed by atoms with Crippen molar-refractivity contribution in [1.82, 2.24) is 0 Å². The van der Waals surface area contributed by atoms with E-state index in [4.69, 9.17) is 14.2 Å². The summed E-state index contributed by atoms with van der Waals surface area (Å²) in [5.74, 6) is -0.996. The van der Waals surface area contributed by atoms with E-state index in [9.17, 15) is 14.4 Å². The van der Waals surface area contributed by atoms with E-state index in [1.165, 1.54) is 57.8 Å². The number of ether oxygens (including phenoxy) is 3. The van der Waals surface area contributed by atoms with Gasteiger partial charge in [0.05, 0.1) is 0 Å². The number of rotatable bonds is 40. The Balaban J connectivity index is 4.50. The Morgan fingerprint density at radius 2 is 0.719 bits per heavy atom. The molecule has 0 aliphatic rings. The van der Waals surface area contributed by atoms with Gasteiger partial charge in [-0.05, 0) is 83.5 Å². The van der Waals surface area contributed by atoms with Gasteiger partial charge in [-0.3, -0.25) is 14.4 Å². The molecule has 1 atom stereocenters. The minimum atomic E-state index is -0.810. The lowest BCUT2D eigenvalue weighted by atomic mass is 10.1. The van der Waals surface area contributed by atoms with Crippen LogP contribution in [0.15, 0.2) is 85.1 Å². The highest BCUT2D eigenvalue weighted by molar-refractivity contribution is 5.71. The summed E-state index contributed by atoms with van der Waals surface area (Å²) in [6.45, 7) is 6.35. The van der Waals surface area contributed by atoms with Gasteiger partial charge in [-0.25, -0.2) is 0 Å². The maximum atomic E-state index is 12.7. The van der Waals surface area contributed by atoms with Crippen molar-refractivity contribution in [2.24, 2.45) is 0 Å². The van der Waals surface area contributed by atoms with Crippen molar-refractivity contribution in [2.75, 3.05) is 13.2 Å². The van der Waals surface area contributed by atoms with Crippen LogP contribution in [-0.4, -0.2) is 37.2 Å². The molecule has 6 nitrogen and oxygen atoms in total.